The van der Waals surface area contributed by atoms with E-state index in [1.807, 2.05) is 26.0 Å². The molecule has 0 aliphatic carbocycles. The van der Waals surface area contributed by atoms with Crippen LogP contribution in [0.4, 0.5) is 0 Å². The highest BCUT2D eigenvalue weighted by Crippen LogP contribution is 2.40. The number of carbonyl (C=O) groups is 2. The SMILES string of the molecule is Cc1cc(C(C)(C)C)cc(C)c1C(=O)[P+](=O)C(C)C(=O)c1c(Cl)cc(Cl)cc1Cl. The van der Waals surface area contributed by atoms with Gasteiger partial charge in [0.2, 0.25) is 11.4 Å². The predicted molar refractivity (Wildman–Crippen MR) is 122 cm³/mol. The number of rotatable bonds is 5. The van der Waals surface area contributed by atoms with Gasteiger partial charge in [-0.05, 0) is 55.0 Å². The summed E-state index contributed by atoms with van der Waals surface area (Å²) in [4.78, 5) is 25.9. The minimum atomic E-state index is -2.53. The van der Waals surface area contributed by atoms with Crippen LogP contribution in [-0.4, -0.2) is 17.0 Å². The van der Waals surface area contributed by atoms with Crippen molar-refractivity contribution in [3.8, 4) is 0 Å². The van der Waals surface area contributed by atoms with E-state index in [2.05, 4.69) is 20.8 Å². The molecule has 2 atom stereocenters. The predicted octanol–water partition coefficient (Wildman–Crippen LogP) is 7.80. The van der Waals surface area contributed by atoms with Crippen molar-refractivity contribution in [3.63, 3.8) is 0 Å². The van der Waals surface area contributed by atoms with Gasteiger partial charge in [0, 0.05) is 5.02 Å². The molecule has 0 aliphatic heterocycles. The van der Waals surface area contributed by atoms with Gasteiger partial charge in [-0.25, -0.2) is 4.79 Å². The number of benzene rings is 2. The molecule has 0 aliphatic rings. The highest BCUT2D eigenvalue weighted by atomic mass is 35.5. The zero-order chi connectivity index (χ0) is 22.3. The van der Waals surface area contributed by atoms with Gasteiger partial charge in [0.15, 0.2) is 0 Å². The summed E-state index contributed by atoms with van der Waals surface area (Å²) in [6.45, 7) is 11.3. The molecular formula is C22H23Cl3O3P+. The minimum absolute atomic E-state index is 0.0258. The molecule has 0 fully saturated rings. The Labute approximate surface area is 187 Å². The van der Waals surface area contributed by atoms with Gasteiger partial charge in [-0.1, -0.05) is 72.3 Å². The van der Waals surface area contributed by atoms with E-state index in [-0.39, 0.29) is 26.0 Å². The second-order valence-electron chi connectivity index (χ2n) is 8.15. The monoisotopic (exact) mass is 471 g/mol. The van der Waals surface area contributed by atoms with Gasteiger partial charge in [-0.2, -0.15) is 0 Å². The van der Waals surface area contributed by atoms with Crippen LogP contribution in [0.1, 0.15) is 65.1 Å². The Balaban J connectivity index is 2.40. The van der Waals surface area contributed by atoms with Crippen molar-refractivity contribution in [3.05, 3.63) is 67.2 Å². The van der Waals surface area contributed by atoms with Crippen molar-refractivity contribution in [2.45, 2.75) is 52.6 Å². The van der Waals surface area contributed by atoms with E-state index in [0.29, 0.717) is 5.56 Å². The summed E-state index contributed by atoms with van der Waals surface area (Å²) in [7, 11) is -2.53. The number of hydrogen-bond acceptors (Lipinski definition) is 3. The first-order chi connectivity index (χ1) is 13.3. The largest absolute Gasteiger partial charge is 0.431 e. The van der Waals surface area contributed by atoms with Crippen molar-refractivity contribution in [2.24, 2.45) is 0 Å². The van der Waals surface area contributed by atoms with Crippen molar-refractivity contribution in [2.75, 3.05) is 0 Å². The molecule has 3 nitrogen and oxygen atoms in total. The highest BCUT2D eigenvalue weighted by molar-refractivity contribution is 7.66. The lowest BCUT2D eigenvalue weighted by Gasteiger charge is -2.21. The van der Waals surface area contributed by atoms with Crippen LogP contribution in [-0.2, 0) is 9.98 Å². The van der Waals surface area contributed by atoms with E-state index >= 15 is 0 Å². The van der Waals surface area contributed by atoms with Crippen LogP contribution in [0.5, 0.6) is 0 Å². The maximum absolute atomic E-state index is 13.0. The van der Waals surface area contributed by atoms with Gasteiger partial charge in [-0.3, -0.25) is 4.79 Å². The third-order valence-corrected chi connectivity index (χ3v) is 7.17. The average Bonchev–Trinajstić information content (AvgIpc) is 2.57. The van der Waals surface area contributed by atoms with Crippen LogP contribution >= 0.6 is 42.6 Å². The fraction of sp³-hybridized carbons (Fsp3) is 0.364. The fourth-order valence-electron chi connectivity index (χ4n) is 3.11. The Kier molecular flexibility index (Phi) is 7.34. The Bertz CT molecular complexity index is 976. The van der Waals surface area contributed by atoms with E-state index in [1.54, 1.807) is 0 Å². The smallest absolute Gasteiger partial charge is 0.289 e. The second kappa shape index (κ2) is 8.86. The molecule has 2 aromatic rings. The minimum Gasteiger partial charge on any atom is -0.289 e. The average molecular weight is 473 g/mol. The first kappa shape index (κ1) is 24.0. The van der Waals surface area contributed by atoms with E-state index < -0.39 is 24.8 Å². The maximum atomic E-state index is 13.0. The Morgan fingerprint density at radius 1 is 0.897 bits per heavy atom. The van der Waals surface area contributed by atoms with Crippen LogP contribution in [0.2, 0.25) is 15.1 Å². The second-order valence-corrected chi connectivity index (χ2v) is 11.2. The maximum Gasteiger partial charge on any atom is 0.431 e. The third-order valence-electron chi connectivity index (χ3n) is 4.80. The van der Waals surface area contributed by atoms with Crippen LogP contribution < -0.4 is 0 Å². The zero-order valence-electron chi connectivity index (χ0n) is 17.2. The molecule has 0 bridgehead atoms. The Hall–Kier alpha value is -1.25. The van der Waals surface area contributed by atoms with Gasteiger partial charge < -0.3 is 0 Å². The van der Waals surface area contributed by atoms with E-state index in [1.165, 1.54) is 19.1 Å². The van der Waals surface area contributed by atoms with E-state index in [0.717, 1.165) is 16.7 Å². The van der Waals surface area contributed by atoms with Gasteiger partial charge in [-0.15, -0.1) is 0 Å². The first-order valence-corrected chi connectivity index (χ1v) is 11.5. The highest BCUT2D eigenvalue weighted by Gasteiger charge is 2.43. The first-order valence-electron chi connectivity index (χ1n) is 9.07. The number of ketones is 1. The molecule has 2 rings (SSSR count). The van der Waals surface area contributed by atoms with Crippen molar-refractivity contribution in [1.82, 2.24) is 0 Å². The number of Topliss-reactive ketones (excluding diaryl/α,β-unsaturated/α-hetero) is 1. The molecular weight excluding hydrogens is 450 g/mol. The summed E-state index contributed by atoms with van der Waals surface area (Å²) in [6, 6.07) is 6.65. The molecule has 0 amide bonds. The molecule has 2 aromatic carbocycles. The third kappa shape index (κ3) is 5.09. The van der Waals surface area contributed by atoms with Crippen molar-refractivity contribution in [1.29, 1.82) is 0 Å². The Morgan fingerprint density at radius 3 is 1.76 bits per heavy atom. The fourth-order valence-corrected chi connectivity index (χ4v) is 5.38. The van der Waals surface area contributed by atoms with Crippen molar-refractivity contribution >= 4 is 53.9 Å². The summed E-state index contributed by atoms with van der Waals surface area (Å²) in [5.74, 6) is -0.548. The van der Waals surface area contributed by atoms with Gasteiger partial charge in [0.05, 0.1) is 21.2 Å². The topological polar surface area (TPSA) is 51.2 Å². The number of halogens is 3. The zero-order valence-corrected chi connectivity index (χ0v) is 20.4. The lowest BCUT2D eigenvalue weighted by molar-refractivity contribution is 0.0982. The van der Waals surface area contributed by atoms with E-state index in [9.17, 15) is 14.2 Å². The molecule has 0 aromatic heterocycles. The van der Waals surface area contributed by atoms with Crippen LogP contribution in [0.3, 0.4) is 0 Å². The summed E-state index contributed by atoms with van der Waals surface area (Å²) in [5, 5.41) is 0.420. The van der Waals surface area contributed by atoms with Gasteiger partial charge in [0.1, 0.15) is 0 Å². The molecule has 7 heteroatoms. The summed E-state index contributed by atoms with van der Waals surface area (Å²) in [6.07, 6.45) is 0. The molecule has 2 unspecified atom stereocenters. The Morgan fingerprint density at radius 2 is 1.34 bits per heavy atom. The quantitative estimate of drug-likeness (QED) is 0.329. The van der Waals surface area contributed by atoms with E-state index in [4.69, 9.17) is 34.8 Å². The molecule has 29 heavy (non-hydrogen) atoms. The van der Waals surface area contributed by atoms with Crippen LogP contribution in [0.15, 0.2) is 24.3 Å². The molecule has 0 saturated heterocycles. The van der Waals surface area contributed by atoms with Crippen LogP contribution in [0, 0.1) is 13.8 Å². The van der Waals surface area contributed by atoms with Crippen LogP contribution in [0.25, 0.3) is 0 Å². The van der Waals surface area contributed by atoms with Gasteiger partial charge in [0.25, 0.3) is 0 Å². The molecule has 0 saturated carbocycles. The standard InChI is InChI=1S/C22H23Cl3O3P/c1-11-7-14(22(4,5)6)8-12(2)18(11)21(27)29(28)13(3)20(26)19-16(24)9-15(23)10-17(19)25/h7-10,13H,1-6H3/q+1. The van der Waals surface area contributed by atoms with Gasteiger partial charge >= 0.3 is 13.3 Å². The summed E-state index contributed by atoms with van der Waals surface area (Å²) in [5.41, 5.74) is 1.29. The molecule has 0 radical (unpaired) electrons. The number of hydrogen-bond donors (Lipinski definition) is 0. The lowest BCUT2D eigenvalue weighted by atomic mass is 9.84. The summed E-state index contributed by atoms with van der Waals surface area (Å²) >= 11 is 18.1. The molecule has 0 N–H and O–H groups in total. The lowest BCUT2D eigenvalue weighted by Crippen LogP contribution is -2.18. The molecule has 154 valence electrons. The normalized spacial score (nSPS) is 13.2. The van der Waals surface area contributed by atoms with Crippen molar-refractivity contribution < 1.29 is 14.2 Å². The summed E-state index contributed by atoms with van der Waals surface area (Å²) < 4.78 is 13.0. The molecule has 0 spiro atoms. The number of carbonyl (C=O) groups excluding carboxylic acids is 2. The number of aryl methyl sites for hydroxylation is 2. The molecule has 0 heterocycles.